The number of carbonyl (C=O) groups excluding carboxylic acids is 1. The lowest BCUT2D eigenvalue weighted by atomic mass is 10.2. The van der Waals surface area contributed by atoms with Gasteiger partial charge < -0.3 is 10.1 Å². The molecule has 4 rings (SSSR count). The predicted molar refractivity (Wildman–Crippen MR) is 165 cm³/mol. The van der Waals surface area contributed by atoms with Crippen LogP contribution in [0.4, 0.5) is 53.9 Å². The molecule has 2 heterocycles. The fourth-order valence-electron chi connectivity index (χ4n) is 3.98. The summed E-state index contributed by atoms with van der Waals surface area (Å²) in [5.41, 5.74) is -4.09. The summed E-state index contributed by atoms with van der Waals surface area (Å²) in [4.78, 5) is 39.6. The molecule has 0 saturated carbocycles. The molecule has 1 amide bonds. The van der Waals surface area contributed by atoms with Gasteiger partial charge in [0.25, 0.3) is 0 Å². The smallest absolute Gasteiger partial charge is 0.433 e. The van der Waals surface area contributed by atoms with Crippen LogP contribution in [0.15, 0.2) is 72.8 Å². The zero-order chi connectivity index (χ0) is 36.5. The van der Waals surface area contributed by atoms with Crippen molar-refractivity contribution in [2.45, 2.75) is 32.4 Å². The minimum Gasteiger partial charge on any atom is -0.449 e. The average molecular weight is 735 g/mol. The quantitative estimate of drug-likeness (QED) is 0.0767. The second-order valence-corrected chi connectivity index (χ2v) is 10.2. The van der Waals surface area contributed by atoms with E-state index >= 15 is 0 Å². The highest BCUT2D eigenvalue weighted by Gasteiger charge is 2.39. The van der Waals surface area contributed by atoms with Gasteiger partial charge in [0.05, 0.1) is 23.0 Å². The van der Waals surface area contributed by atoms with Crippen molar-refractivity contribution in [3.63, 3.8) is 0 Å². The van der Waals surface area contributed by atoms with E-state index in [1.54, 1.807) is 60.7 Å². The van der Waals surface area contributed by atoms with Gasteiger partial charge in [0.15, 0.2) is 0 Å². The van der Waals surface area contributed by atoms with Crippen LogP contribution in [-0.2, 0) is 30.2 Å². The monoisotopic (exact) mass is 734 g/mol. The van der Waals surface area contributed by atoms with Gasteiger partial charge in [0.1, 0.15) is 22.8 Å². The summed E-state index contributed by atoms with van der Waals surface area (Å²) in [7, 11) is 0. The molecule has 2 aromatic heterocycles. The molecule has 20 heteroatoms. The highest BCUT2D eigenvalue weighted by atomic mass is 35.5. The summed E-state index contributed by atoms with van der Waals surface area (Å²) in [6.45, 7) is 1.26. The van der Waals surface area contributed by atoms with Gasteiger partial charge in [-0.05, 0) is 24.1 Å². The number of hydrogen-bond acceptors (Lipinski definition) is 9. The first-order valence-electron chi connectivity index (χ1n) is 13.5. The van der Waals surface area contributed by atoms with Crippen LogP contribution in [0, 0.1) is 20.2 Å². The molecule has 0 aliphatic rings. The molecular weight excluding hydrogens is 713 g/mol. The average Bonchev–Trinajstić information content (AvgIpc) is 3.02. The molecule has 0 aliphatic heterocycles. The van der Waals surface area contributed by atoms with Crippen LogP contribution in [-0.4, -0.2) is 32.5 Å². The number of pyridine rings is 2. The maximum absolute atomic E-state index is 13.1. The van der Waals surface area contributed by atoms with Gasteiger partial charge in [-0.1, -0.05) is 83.9 Å². The molecule has 0 bridgehead atoms. The van der Waals surface area contributed by atoms with Gasteiger partial charge >= 0.3 is 29.8 Å². The molecule has 1 N–H and O–H groups in total. The summed E-state index contributed by atoms with van der Waals surface area (Å²) in [6, 6.07) is 17.9. The van der Waals surface area contributed by atoms with E-state index in [0.29, 0.717) is 17.7 Å². The lowest BCUT2D eigenvalue weighted by molar-refractivity contribution is -0.384. The fourth-order valence-corrected chi connectivity index (χ4v) is 4.50. The van der Waals surface area contributed by atoms with E-state index in [4.69, 9.17) is 27.9 Å². The number of hydrogen-bond donors (Lipinski definition) is 1. The zero-order valence-electron chi connectivity index (χ0n) is 24.8. The molecule has 0 unspecified atom stereocenters. The van der Waals surface area contributed by atoms with Crippen LogP contribution >= 0.6 is 23.2 Å². The van der Waals surface area contributed by atoms with E-state index < -0.39 is 67.0 Å². The van der Waals surface area contributed by atoms with Crippen LogP contribution in [0.3, 0.4) is 0 Å². The normalized spacial score (nSPS) is 11.2. The molecule has 49 heavy (non-hydrogen) atoms. The molecule has 12 nitrogen and oxygen atoms in total. The Morgan fingerprint density at radius 3 is 1.76 bits per heavy atom. The Morgan fingerprint density at radius 1 is 0.816 bits per heavy atom. The number of anilines is 2. The summed E-state index contributed by atoms with van der Waals surface area (Å²) >= 11 is 11.2. The van der Waals surface area contributed by atoms with Crippen LogP contribution in [0.1, 0.15) is 29.4 Å². The number of carbonyl (C=O) groups is 1. The first kappa shape index (κ1) is 38.2. The number of nitrogens with one attached hydrogen (secondary N) is 1. The zero-order valence-corrected chi connectivity index (χ0v) is 26.3. The van der Waals surface area contributed by atoms with Gasteiger partial charge in [0, 0.05) is 12.6 Å². The van der Waals surface area contributed by atoms with Crippen LogP contribution in [0.25, 0.3) is 0 Å². The number of ether oxygens (including phenoxy) is 1. The van der Waals surface area contributed by atoms with Gasteiger partial charge in [-0.2, -0.15) is 26.3 Å². The van der Waals surface area contributed by atoms with Crippen LogP contribution in [0.5, 0.6) is 0 Å². The summed E-state index contributed by atoms with van der Waals surface area (Å²) in [5, 5.41) is 23.1. The van der Waals surface area contributed by atoms with E-state index in [0.717, 1.165) is 10.5 Å². The number of rotatable bonds is 9. The Labute approximate surface area is 282 Å². The molecular formula is C29H22Cl2F6N6O6. The number of nitrogens with zero attached hydrogens (tertiary/aromatic N) is 5. The van der Waals surface area contributed by atoms with Crippen molar-refractivity contribution in [1.29, 1.82) is 0 Å². The molecule has 0 fully saturated rings. The first-order valence-corrected chi connectivity index (χ1v) is 14.3. The number of aromatic nitrogens is 2. The molecule has 0 aliphatic carbocycles. The van der Waals surface area contributed by atoms with E-state index in [1.807, 2.05) is 0 Å². The molecule has 0 radical (unpaired) electrons. The maximum Gasteiger partial charge on any atom is 0.433 e. The first-order chi connectivity index (χ1) is 22.9. The Kier molecular flexibility index (Phi) is 12.7. The van der Waals surface area contributed by atoms with Crippen LogP contribution in [0.2, 0.25) is 10.3 Å². The minimum atomic E-state index is -4.92. The Balaban J connectivity index is 0.000000271. The van der Waals surface area contributed by atoms with E-state index in [2.05, 4.69) is 15.3 Å². The molecule has 0 atom stereocenters. The highest BCUT2D eigenvalue weighted by molar-refractivity contribution is 6.32. The van der Waals surface area contributed by atoms with Gasteiger partial charge in [0.2, 0.25) is 10.3 Å². The van der Waals surface area contributed by atoms with Crippen molar-refractivity contribution in [3.05, 3.63) is 126 Å². The standard InChI is InChI=1S/C16H13ClF3N3O4.C13H9ClF3N3O2/c1-2-27-15(24)22(9-10-6-4-3-5-7-10)11-8-12(16(18,19)20)21-14(17)13(11)23(25)26;14-12-11(20(21)22)9(6-10(19-12)13(15,16)17)18-7-8-4-2-1-3-5-8/h3-8H,2,9H2,1H3;1-6H,7H2,(H,18,19). The fraction of sp³-hybridized carbons (Fsp3) is 0.207. The Hall–Kier alpha value is -5.23. The molecule has 0 spiro atoms. The number of nitro groups is 2. The van der Waals surface area contributed by atoms with Crippen molar-refractivity contribution < 1.29 is 45.7 Å². The van der Waals surface area contributed by atoms with E-state index in [1.165, 1.54) is 6.92 Å². The lowest BCUT2D eigenvalue weighted by Crippen LogP contribution is -2.32. The molecule has 4 aromatic rings. The largest absolute Gasteiger partial charge is 0.449 e. The minimum absolute atomic E-state index is 0.0805. The van der Waals surface area contributed by atoms with Gasteiger partial charge in [-0.25, -0.2) is 14.8 Å². The highest BCUT2D eigenvalue weighted by Crippen LogP contribution is 2.40. The SMILES string of the molecule is CCOC(=O)N(Cc1ccccc1)c1cc(C(F)(F)F)nc(Cl)c1[N+](=O)[O-].O=[N+]([O-])c1c(NCc2ccccc2)cc(C(F)(F)F)nc1Cl. The third kappa shape index (κ3) is 10.4. The predicted octanol–water partition coefficient (Wildman–Crippen LogP) is 9.10. The van der Waals surface area contributed by atoms with Crippen molar-refractivity contribution in [2.24, 2.45) is 0 Å². The second kappa shape index (κ2) is 16.2. The van der Waals surface area contributed by atoms with Crippen molar-refractivity contribution in [1.82, 2.24) is 9.97 Å². The maximum atomic E-state index is 13.1. The molecule has 260 valence electrons. The lowest BCUT2D eigenvalue weighted by Gasteiger charge is -2.23. The third-order valence-corrected chi connectivity index (χ3v) is 6.64. The van der Waals surface area contributed by atoms with E-state index in [-0.39, 0.29) is 25.4 Å². The number of benzene rings is 2. The summed E-state index contributed by atoms with van der Waals surface area (Å²) in [5.74, 6) is 0. The van der Waals surface area contributed by atoms with Crippen LogP contribution < -0.4 is 10.2 Å². The molecule has 0 saturated heterocycles. The van der Waals surface area contributed by atoms with Crippen molar-refractivity contribution in [2.75, 3.05) is 16.8 Å². The summed E-state index contributed by atoms with van der Waals surface area (Å²) < 4.78 is 82.3. The van der Waals surface area contributed by atoms with Crippen molar-refractivity contribution >= 4 is 52.0 Å². The van der Waals surface area contributed by atoms with Crippen molar-refractivity contribution in [3.8, 4) is 0 Å². The van der Waals surface area contributed by atoms with Gasteiger partial charge in [-0.15, -0.1) is 0 Å². The number of alkyl halides is 6. The number of halogens is 8. The molecule has 2 aromatic carbocycles. The summed E-state index contributed by atoms with van der Waals surface area (Å²) in [6.07, 6.45) is -10.7. The van der Waals surface area contributed by atoms with E-state index in [9.17, 15) is 51.4 Å². The second-order valence-electron chi connectivity index (χ2n) is 9.48. The number of amides is 1. The van der Waals surface area contributed by atoms with Gasteiger partial charge in [-0.3, -0.25) is 25.1 Å². The Morgan fingerprint density at radius 2 is 1.29 bits per heavy atom. The Bertz CT molecular complexity index is 1800. The third-order valence-electron chi connectivity index (χ3n) is 6.11. The topological polar surface area (TPSA) is 154 Å².